The lowest BCUT2D eigenvalue weighted by Gasteiger charge is -2.34. The van der Waals surface area contributed by atoms with E-state index in [-0.39, 0.29) is 69.9 Å². The molecule has 0 aliphatic carbocycles. The molecule has 0 spiro atoms. The predicted molar refractivity (Wildman–Crippen MR) is 124 cm³/mol. The normalized spacial score (nSPS) is 18.5. The smallest absolute Gasteiger partial charge is 0.464 e. The summed E-state index contributed by atoms with van der Waals surface area (Å²) < 4.78 is 37.4. The summed E-state index contributed by atoms with van der Waals surface area (Å²) in [5.41, 5.74) is -3.50. The van der Waals surface area contributed by atoms with Gasteiger partial charge in [-0.2, -0.15) is 0 Å². The van der Waals surface area contributed by atoms with E-state index in [9.17, 15) is 18.4 Å². The molecule has 10 nitrogen and oxygen atoms in total. The second kappa shape index (κ2) is 13.7. The van der Waals surface area contributed by atoms with Gasteiger partial charge < -0.3 is 29.7 Å². The van der Waals surface area contributed by atoms with Gasteiger partial charge in [-0.1, -0.05) is 0 Å². The molecule has 2 fully saturated rings. The number of piperidine rings is 2. The molecule has 3 rings (SSSR count). The SMILES string of the molecule is CCOC(=O)C1(F)CCN(c2ncc(B(O)O)cn2)CC1.CCOC(=O)C1(F)CCNCC1.Cl. The fourth-order valence-corrected chi connectivity index (χ4v) is 3.44. The van der Waals surface area contributed by atoms with E-state index in [4.69, 9.17) is 14.8 Å². The van der Waals surface area contributed by atoms with Crippen LogP contribution in [0.1, 0.15) is 39.5 Å². The Morgan fingerprint density at radius 3 is 1.85 bits per heavy atom. The number of ether oxygens (including phenoxy) is 2. The van der Waals surface area contributed by atoms with Gasteiger partial charge in [0.05, 0.1) is 13.2 Å². The highest BCUT2D eigenvalue weighted by atomic mass is 35.5. The van der Waals surface area contributed by atoms with Gasteiger partial charge in [-0.3, -0.25) is 0 Å². The van der Waals surface area contributed by atoms with E-state index in [2.05, 4.69) is 20.0 Å². The van der Waals surface area contributed by atoms with Gasteiger partial charge in [0.1, 0.15) is 0 Å². The minimum atomic E-state index is -1.95. The molecule has 0 atom stereocenters. The summed E-state index contributed by atoms with van der Waals surface area (Å²) in [6.45, 7) is 5.40. The highest BCUT2D eigenvalue weighted by molar-refractivity contribution is 6.58. The van der Waals surface area contributed by atoms with E-state index < -0.39 is 30.4 Å². The van der Waals surface area contributed by atoms with Gasteiger partial charge in [0.15, 0.2) is 0 Å². The Bertz CT molecular complexity index is 779. The first-order valence-corrected chi connectivity index (χ1v) is 11.0. The summed E-state index contributed by atoms with van der Waals surface area (Å²) in [4.78, 5) is 32.4. The molecule has 2 aliphatic rings. The minimum absolute atomic E-state index is 0. The third kappa shape index (κ3) is 8.00. The lowest BCUT2D eigenvalue weighted by Crippen LogP contribution is -2.48. The van der Waals surface area contributed by atoms with Crippen molar-refractivity contribution in [3.8, 4) is 0 Å². The number of nitrogens with one attached hydrogen (secondary N) is 1. The Morgan fingerprint density at radius 1 is 1.00 bits per heavy atom. The molecule has 3 N–H and O–H groups in total. The Labute approximate surface area is 204 Å². The molecular formula is C20H32BClF2N4O6. The lowest BCUT2D eigenvalue weighted by atomic mass is 9.83. The van der Waals surface area contributed by atoms with Gasteiger partial charge in [-0.25, -0.2) is 28.3 Å². The zero-order valence-corrected chi connectivity index (χ0v) is 20.2. The quantitative estimate of drug-likeness (QED) is 0.358. The molecule has 1 aromatic rings. The highest BCUT2D eigenvalue weighted by Crippen LogP contribution is 2.29. The Morgan fingerprint density at radius 2 is 1.44 bits per heavy atom. The molecule has 14 heteroatoms. The van der Waals surface area contributed by atoms with Crippen molar-refractivity contribution in [3.63, 3.8) is 0 Å². The number of esters is 2. The molecule has 2 saturated heterocycles. The number of anilines is 1. The molecule has 192 valence electrons. The molecule has 0 amide bonds. The first-order valence-electron chi connectivity index (χ1n) is 11.0. The number of carbonyl (C=O) groups is 2. The minimum Gasteiger partial charge on any atom is -0.464 e. The van der Waals surface area contributed by atoms with Crippen LogP contribution in [0, 0.1) is 0 Å². The number of halogens is 3. The van der Waals surface area contributed by atoms with Crippen LogP contribution in [0.5, 0.6) is 0 Å². The van der Waals surface area contributed by atoms with Gasteiger partial charge in [0, 0.05) is 56.6 Å². The molecule has 3 heterocycles. The second-order valence-corrected chi connectivity index (χ2v) is 7.80. The van der Waals surface area contributed by atoms with Crippen LogP contribution in [0.4, 0.5) is 14.7 Å². The van der Waals surface area contributed by atoms with Crippen LogP contribution in [0.2, 0.25) is 0 Å². The zero-order chi connectivity index (χ0) is 24.5. The molecule has 0 aromatic carbocycles. The van der Waals surface area contributed by atoms with E-state index in [1.807, 2.05) is 0 Å². The van der Waals surface area contributed by atoms with Crippen LogP contribution >= 0.6 is 12.4 Å². The third-order valence-electron chi connectivity index (χ3n) is 5.47. The Hall–Kier alpha value is -2.09. The van der Waals surface area contributed by atoms with Crippen molar-refractivity contribution in [2.45, 2.75) is 50.9 Å². The Balaban J connectivity index is 0.000000380. The van der Waals surface area contributed by atoms with Gasteiger partial charge in [0.2, 0.25) is 17.3 Å². The molecular weight excluding hydrogens is 477 g/mol. The van der Waals surface area contributed by atoms with Crippen LogP contribution in [-0.4, -0.2) is 89.8 Å². The zero-order valence-electron chi connectivity index (χ0n) is 19.3. The average Bonchev–Trinajstić information content (AvgIpc) is 2.81. The van der Waals surface area contributed by atoms with Gasteiger partial charge in [-0.05, 0) is 26.9 Å². The standard InChI is InChI=1S/C12H17BFN3O4.C8H14FNO2.ClH/c1-2-21-10(18)12(14)3-5-17(6-4-12)11-15-7-9(8-16-11)13(19)20;1-2-12-7(11)8(9)3-5-10-6-4-8;/h7-8,19-20H,2-6H2,1H3;10H,2-6H2,1H3;1H. The molecule has 0 bridgehead atoms. The molecule has 0 radical (unpaired) electrons. The highest BCUT2D eigenvalue weighted by Gasteiger charge is 2.43. The number of carbonyl (C=O) groups excluding carboxylic acids is 2. The Kier molecular flexibility index (Phi) is 12.1. The molecule has 1 aromatic heterocycles. The van der Waals surface area contributed by atoms with Gasteiger partial charge >= 0.3 is 19.1 Å². The summed E-state index contributed by atoms with van der Waals surface area (Å²) in [5, 5.41) is 20.9. The average molecular weight is 509 g/mol. The third-order valence-corrected chi connectivity index (χ3v) is 5.47. The van der Waals surface area contributed by atoms with Gasteiger partial charge in [-0.15, -0.1) is 12.4 Å². The predicted octanol–water partition coefficient (Wildman–Crippen LogP) is 0.0910. The lowest BCUT2D eigenvalue weighted by molar-refractivity contribution is -0.159. The van der Waals surface area contributed by atoms with Crippen molar-refractivity contribution in [3.05, 3.63) is 12.4 Å². The fourth-order valence-electron chi connectivity index (χ4n) is 3.44. The number of alkyl halides is 2. The van der Waals surface area contributed by atoms with Crippen molar-refractivity contribution < 1.29 is 37.9 Å². The maximum absolute atomic E-state index is 14.4. The molecule has 0 unspecified atom stereocenters. The first-order chi connectivity index (χ1) is 15.6. The van der Waals surface area contributed by atoms with Crippen LogP contribution in [-0.2, 0) is 19.1 Å². The molecule has 34 heavy (non-hydrogen) atoms. The fraction of sp³-hybridized carbons (Fsp3) is 0.700. The number of hydrogen-bond acceptors (Lipinski definition) is 10. The van der Waals surface area contributed by atoms with Gasteiger partial charge in [0.25, 0.3) is 0 Å². The van der Waals surface area contributed by atoms with E-state index in [0.717, 1.165) is 0 Å². The largest absolute Gasteiger partial charge is 0.491 e. The summed E-state index contributed by atoms with van der Waals surface area (Å²) in [6, 6.07) is 0. The number of nitrogens with zero attached hydrogens (tertiary/aromatic N) is 3. The topological polar surface area (TPSA) is 134 Å². The van der Waals surface area contributed by atoms with Crippen molar-refractivity contribution in [1.29, 1.82) is 0 Å². The van der Waals surface area contributed by atoms with E-state index in [1.165, 1.54) is 12.4 Å². The van der Waals surface area contributed by atoms with E-state index >= 15 is 0 Å². The van der Waals surface area contributed by atoms with Crippen LogP contribution in [0.15, 0.2) is 12.4 Å². The number of hydrogen-bond donors (Lipinski definition) is 3. The second-order valence-electron chi connectivity index (χ2n) is 7.80. The van der Waals surface area contributed by atoms with Crippen molar-refractivity contribution in [2.24, 2.45) is 0 Å². The first kappa shape index (κ1) is 29.9. The van der Waals surface area contributed by atoms with Crippen LogP contribution < -0.4 is 15.7 Å². The summed E-state index contributed by atoms with van der Waals surface area (Å²) in [7, 11) is -1.62. The summed E-state index contributed by atoms with van der Waals surface area (Å²) >= 11 is 0. The van der Waals surface area contributed by atoms with Crippen molar-refractivity contribution in [2.75, 3.05) is 44.3 Å². The van der Waals surface area contributed by atoms with Crippen molar-refractivity contribution >= 4 is 42.9 Å². The van der Waals surface area contributed by atoms with Crippen LogP contribution in [0.25, 0.3) is 0 Å². The number of aromatic nitrogens is 2. The summed E-state index contributed by atoms with van der Waals surface area (Å²) in [5.74, 6) is -1.15. The molecule has 2 aliphatic heterocycles. The monoisotopic (exact) mass is 508 g/mol. The maximum Gasteiger partial charge on any atom is 0.491 e. The van der Waals surface area contributed by atoms with Crippen LogP contribution in [0.3, 0.4) is 0 Å². The maximum atomic E-state index is 14.4. The number of rotatable bonds is 6. The molecule has 0 saturated carbocycles. The van der Waals surface area contributed by atoms with Crippen molar-refractivity contribution in [1.82, 2.24) is 15.3 Å². The van der Waals surface area contributed by atoms with E-state index in [0.29, 0.717) is 19.0 Å². The van der Waals surface area contributed by atoms with E-state index in [1.54, 1.807) is 18.7 Å². The summed E-state index contributed by atoms with van der Waals surface area (Å²) in [6.07, 6.45) is 3.09.